The van der Waals surface area contributed by atoms with Crippen LogP contribution in [-0.4, -0.2) is 37.0 Å². The van der Waals surface area contributed by atoms with Crippen molar-refractivity contribution in [2.75, 3.05) is 0 Å². The van der Waals surface area contributed by atoms with E-state index in [0.29, 0.717) is 22.4 Å². The predicted molar refractivity (Wildman–Crippen MR) is 168 cm³/mol. The first-order valence-corrected chi connectivity index (χ1v) is 14.1. The normalized spacial score (nSPS) is 11.3. The third-order valence-corrected chi connectivity index (χ3v) is 8.14. The molecule has 4 aromatic carbocycles. The maximum absolute atomic E-state index is 12.3. The van der Waals surface area contributed by atoms with Crippen LogP contribution in [0.3, 0.4) is 0 Å². The summed E-state index contributed by atoms with van der Waals surface area (Å²) in [5.41, 5.74) is 7.94. The lowest BCUT2D eigenvalue weighted by Crippen LogP contribution is -2.03. The topological polar surface area (TPSA) is 131 Å². The van der Waals surface area contributed by atoms with Gasteiger partial charge in [0.25, 0.3) is 0 Å². The van der Waals surface area contributed by atoms with E-state index in [1.165, 1.54) is 26.0 Å². The van der Waals surface area contributed by atoms with Crippen LogP contribution in [0.4, 0.5) is 0 Å². The van der Waals surface area contributed by atoms with Crippen LogP contribution in [0.2, 0.25) is 0 Å². The predicted octanol–water partition coefficient (Wildman–Crippen LogP) is 7.48. The van der Waals surface area contributed by atoms with Crippen molar-refractivity contribution in [2.24, 2.45) is 0 Å². The lowest BCUT2D eigenvalue weighted by Gasteiger charge is -2.15. The lowest BCUT2D eigenvalue weighted by atomic mass is 9.91. The molecule has 0 bridgehead atoms. The van der Waals surface area contributed by atoms with Crippen molar-refractivity contribution in [3.05, 3.63) is 104 Å². The molecule has 5 N–H and O–H groups in total. The van der Waals surface area contributed by atoms with Crippen molar-refractivity contribution < 1.29 is 30.0 Å². The van der Waals surface area contributed by atoms with E-state index < -0.39 is 0 Å². The van der Waals surface area contributed by atoms with Gasteiger partial charge in [0.1, 0.15) is 23.0 Å². The Kier molecular flexibility index (Phi) is 7.52. The van der Waals surface area contributed by atoms with E-state index in [2.05, 4.69) is 23.2 Å². The van der Waals surface area contributed by atoms with E-state index in [1.807, 2.05) is 32.0 Å². The highest BCUT2D eigenvalue weighted by molar-refractivity contribution is 5.99. The maximum Gasteiger partial charge on any atom is 0.163 e. The molecule has 220 valence electrons. The molecule has 0 atom stereocenters. The van der Waals surface area contributed by atoms with Gasteiger partial charge in [-0.05, 0) is 87.6 Å². The van der Waals surface area contributed by atoms with Crippen LogP contribution in [0, 0.1) is 27.7 Å². The smallest absolute Gasteiger partial charge is 0.163 e. The zero-order valence-electron chi connectivity index (χ0n) is 25.1. The molecule has 0 radical (unpaired) electrons. The molecule has 0 aliphatic heterocycles. The van der Waals surface area contributed by atoms with Gasteiger partial charge in [-0.1, -0.05) is 41.5 Å². The van der Waals surface area contributed by atoms with E-state index in [4.69, 9.17) is 0 Å². The van der Waals surface area contributed by atoms with Gasteiger partial charge in [-0.2, -0.15) is 0 Å². The molecule has 0 saturated carbocycles. The molecular weight excluding hydrogens is 542 g/mol. The number of aromatic amines is 1. The molecule has 0 amide bonds. The second-order valence-electron chi connectivity index (χ2n) is 11.5. The van der Waals surface area contributed by atoms with Gasteiger partial charge in [-0.15, -0.1) is 0 Å². The van der Waals surface area contributed by atoms with Gasteiger partial charge in [0, 0.05) is 40.6 Å². The number of phenols is 4. The minimum absolute atomic E-state index is 0.0371. The summed E-state index contributed by atoms with van der Waals surface area (Å²) in [4.78, 5) is 28.0. The lowest BCUT2D eigenvalue weighted by molar-refractivity contribution is 0.100. The number of nitrogens with one attached hydrogen (secondary N) is 1. The summed E-state index contributed by atoms with van der Waals surface area (Å²) >= 11 is 0. The summed E-state index contributed by atoms with van der Waals surface area (Å²) in [6.07, 6.45) is 0.0974. The molecule has 1 aromatic heterocycles. The minimum atomic E-state index is -0.330. The number of carbonyl (C=O) groups excluding carboxylic acids is 2. The summed E-state index contributed by atoms with van der Waals surface area (Å²) in [6, 6.07) is 15.2. The Morgan fingerprint density at radius 1 is 0.605 bits per heavy atom. The highest BCUT2D eigenvalue weighted by Gasteiger charge is 2.24. The number of ketones is 2. The number of phenolic OH excluding ortho intramolecular Hbond substituents is 4. The third-order valence-electron chi connectivity index (χ3n) is 8.14. The average Bonchev–Trinajstić information content (AvgIpc) is 3.28. The molecule has 1 heterocycles. The van der Waals surface area contributed by atoms with Gasteiger partial charge in [0.2, 0.25) is 0 Å². The SMILES string of the molecule is CC(=O)c1cc(C)c(O)c(Cc2[nH]c3cc(-c4cc(C)cc(C)c4)ccc3c2Cc2c(O)c(C)cc(C(C)=O)c2O)c1O. The number of rotatable bonds is 7. The molecular formula is C36H35NO6. The molecule has 0 spiro atoms. The van der Waals surface area contributed by atoms with E-state index in [9.17, 15) is 30.0 Å². The number of carbonyl (C=O) groups is 2. The highest BCUT2D eigenvalue weighted by Crippen LogP contribution is 2.41. The Morgan fingerprint density at radius 3 is 1.63 bits per heavy atom. The molecule has 43 heavy (non-hydrogen) atoms. The minimum Gasteiger partial charge on any atom is -0.507 e. The summed E-state index contributed by atoms with van der Waals surface area (Å²) in [7, 11) is 0. The van der Waals surface area contributed by atoms with E-state index in [0.717, 1.165) is 33.2 Å². The van der Waals surface area contributed by atoms with Crippen molar-refractivity contribution in [3.63, 3.8) is 0 Å². The number of aromatic nitrogens is 1. The van der Waals surface area contributed by atoms with Crippen LogP contribution >= 0.6 is 0 Å². The van der Waals surface area contributed by atoms with E-state index in [-0.39, 0.29) is 69.7 Å². The van der Waals surface area contributed by atoms with Crippen molar-refractivity contribution in [3.8, 4) is 34.1 Å². The van der Waals surface area contributed by atoms with E-state index in [1.54, 1.807) is 13.8 Å². The number of aromatic hydroxyl groups is 4. The van der Waals surface area contributed by atoms with Crippen LogP contribution in [0.5, 0.6) is 23.0 Å². The molecule has 0 aliphatic rings. The van der Waals surface area contributed by atoms with Gasteiger partial charge in [0.15, 0.2) is 11.6 Å². The fourth-order valence-electron chi connectivity index (χ4n) is 5.94. The maximum atomic E-state index is 12.3. The molecule has 5 aromatic rings. The quantitative estimate of drug-likeness (QED) is 0.128. The number of hydrogen-bond donors (Lipinski definition) is 5. The van der Waals surface area contributed by atoms with Crippen molar-refractivity contribution in [2.45, 2.75) is 54.4 Å². The van der Waals surface area contributed by atoms with Gasteiger partial charge >= 0.3 is 0 Å². The second kappa shape index (κ2) is 11.0. The third kappa shape index (κ3) is 5.34. The van der Waals surface area contributed by atoms with Crippen molar-refractivity contribution in [1.82, 2.24) is 4.98 Å². The summed E-state index contributed by atoms with van der Waals surface area (Å²) in [6.45, 7) is 10.1. The highest BCUT2D eigenvalue weighted by atomic mass is 16.3. The molecule has 5 rings (SSSR count). The van der Waals surface area contributed by atoms with E-state index >= 15 is 0 Å². The molecule has 7 nitrogen and oxygen atoms in total. The molecule has 0 fully saturated rings. The number of aryl methyl sites for hydroxylation is 4. The van der Waals surface area contributed by atoms with Crippen LogP contribution in [0.15, 0.2) is 48.5 Å². The Hall–Kier alpha value is -5.04. The first-order valence-electron chi connectivity index (χ1n) is 14.1. The Morgan fingerprint density at radius 2 is 1.12 bits per heavy atom. The fraction of sp³-hybridized carbons (Fsp3) is 0.222. The van der Waals surface area contributed by atoms with Crippen LogP contribution in [0.25, 0.3) is 22.0 Å². The van der Waals surface area contributed by atoms with Gasteiger partial charge in [0.05, 0.1) is 11.1 Å². The Labute approximate surface area is 250 Å². The number of fused-ring (bicyclic) bond motifs is 1. The van der Waals surface area contributed by atoms with Crippen LogP contribution in [-0.2, 0) is 12.8 Å². The Balaban J connectivity index is 1.75. The van der Waals surface area contributed by atoms with Crippen LogP contribution < -0.4 is 0 Å². The van der Waals surface area contributed by atoms with Crippen molar-refractivity contribution in [1.29, 1.82) is 0 Å². The summed E-state index contributed by atoms with van der Waals surface area (Å²) in [5, 5.41) is 44.9. The first kappa shape index (κ1) is 29.5. The number of hydrogen-bond acceptors (Lipinski definition) is 6. The standard InChI is InChI=1S/C36H35NO6/c1-17-9-18(2)11-24(10-17)23-7-8-25-28(15-29-33(40)19(3)12-26(21(5)38)35(29)42)32(37-31(25)14-23)16-30-34(41)20(4)13-27(22(6)39)36(30)43/h7-14,37,40-43H,15-16H2,1-6H3. The molecule has 0 aliphatic carbocycles. The second-order valence-corrected chi connectivity index (χ2v) is 11.5. The van der Waals surface area contributed by atoms with Gasteiger partial charge in [-0.25, -0.2) is 0 Å². The zero-order valence-corrected chi connectivity index (χ0v) is 25.1. The molecule has 7 heteroatoms. The van der Waals surface area contributed by atoms with Gasteiger partial charge < -0.3 is 25.4 Å². The van der Waals surface area contributed by atoms with Gasteiger partial charge in [-0.3, -0.25) is 9.59 Å². The summed E-state index contributed by atoms with van der Waals surface area (Å²) in [5.74, 6) is -1.48. The number of H-pyrrole nitrogens is 1. The largest absolute Gasteiger partial charge is 0.507 e. The number of benzene rings is 4. The van der Waals surface area contributed by atoms with Crippen molar-refractivity contribution >= 4 is 22.5 Å². The Bertz CT molecular complexity index is 1940. The summed E-state index contributed by atoms with van der Waals surface area (Å²) < 4.78 is 0. The number of Topliss-reactive ketones (excluding diaryl/α,β-unsaturated/α-hetero) is 2. The van der Waals surface area contributed by atoms with Crippen LogP contribution in [0.1, 0.15) is 79.2 Å². The monoisotopic (exact) mass is 577 g/mol. The average molecular weight is 578 g/mol. The molecule has 0 unspecified atom stereocenters. The first-order chi connectivity index (χ1) is 20.3. The fourth-order valence-corrected chi connectivity index (χ4v) is 5.94. The zero-order chi connectivity index (χ0) is 31.3. The molecule has 0 saturated heterocycles.